The van der Waals surface area contributed by atoms with E-state index in [0.29, 0.717) is 11.3 Å². The fourth-order valence-electron chi connectivity index (χ4n) is 2.70. The number of nitrogens with one attached hydrogen (secondary N) is 1. The zero-order valence-electron chi connectivity index (χ0n) is 15.1. The normalized spacial score (nSPS) is 12.7. The van der Waals surface area contributed by atoms with Crippen molar-refractivity contribution in [3.63, 3.8) is 0 Å². The Hall–Kier alpha value is -2.86. The smallest absolute Gasteiger partial charge is 0.328 e. The first-order chi connectivity index (χ1) is 12.6. The molecule has 6 heteroatoms. The molecule has 0 radical (unpaired) electrons. The molecule has 2 aromatic rings. The van der Waals surface area contributed by atoms with Crippen molar-refractivity contribution in [2.75, 3.05) is 21.3 Å². The number of esters is 1. The highest BCUT2D eigenvalue weighted by Crippen LogP contribution is 2.21. The van der Waals surface area contributed by atoms with Crippen LogP contribution in [0.15, 0.2) is 54.6 Å². The van der Waals surface area contributed by atoms with E-state index in [-0.39, 0.29) is 6.42 Å². The molecule has 0 heterocycles. The highest BCUT2D eigenvalue weighted by atomic mass is 16.5. The highest BCUT2D eigenvalue weighted by Gasteiger charge is 2.28. The second-order valence-corrected chi connectivity index (χ2v) is 5.63. The molecular weight excluding hydrogens is 334 g/mol. The van der Waals surface area contributed by atoms with Crippen molar-refractivity contribution in [1.82, 2.24) is 5.32 Å². The summed E-state index contributed by atoms with van der Waals surface area (Å²) in [5, 5.41) is 2.72. The van der Waals surface area contributed by atoms with Gasteiger partial charge in [-0.1, -0.05) is 48.5 Å². The van der Waals surface area contributed by atoms with Crippen LogP contribution in [-0.2, 0) is 25.5 Å². The van der Waals surface area contributed by atoms with Crippen LogP contribution < -0.4 is 10.1 Å². The van der Waals surface area contributed by atoms with Crippen LogP contribution >= 0.6 is 0 Å². The number of rotatable bonds is 8. The van der Waals surface area contributed by atoms with Gasteiger partial charge in [-0.25, -0.2) is 4.79 Å². The topological polar surface area (TPSA) is 73.9 Å². The van der Waals surface area contributed by atoms with Gasteiger partial charge < -0.3 is 19.5 Å². The number of carbonyl (C=O) groups is 2. The number of para-hydroxylation sites is 1. The largest absolute Gasteiger partial charge is 0.496 e. The maximum atomic E-state index is 12.7. The summed E-state index contributed by atoms with van der Waals surface area (Å²) < 4.78 is 15.5. The van der Waals surface area contributed by atoms with E-state index in [1.165, 1.54) is 14.2 Å². The Bertz CT molecular complexity index is 732. The van der Waals surface area contributed by atoms with Crippen LogP contribution in [0.4, 0.5) is 0 Å². The minimum atomic E-state index is -0.856. The van der Waals surface area contributed by atoms with Gasteiger partial charge >= 0.3 is 5.97 Å². The van der Waals surface area contributed by atoms with Crippen molar-refractivity contribution in [3.05, 3.63) is 65.7 Å². The lowest BCUT2D eigenvalue weighted by molar-refractivity contribution is -0.146. The molecule has 0 bridgehead atoms. The second-order valence-electron chi connectivity index (χ2n) is 5.63. The molecule has 1 N–H and O–H groups in total. The average Bonchev–Trinajstić information content (AvgIpc) is 2.68. The van der Waals surface area contributed by atoms with Gasteiger partial charge in [0.15, 0.2) is 6.10 Å². The molecule has 0 unspecified atom stereocenters. The molecule has 2 aromatic carbocycles. The monoisotopic (exact) mass is 357 g/mol. The van der Waals surface area contributed by atoms with Crippen molar-refractivity contribution >= 4 is 11.9 Å². The fourth-order valence-corrected chi connectivity index (χ4v) is 2.70. The molecule has 26 heavy (non-hydrogen) atoms. The van der Waals surface area contributed by atoms with Crippen LogP contribution in [0.3, 0.4) is 0 Å². The van der Waals surface area contributed by atoms with Gasteiger partial charge in [-0.15, -0.1) is 0 Å². The first-order valence-electron chi connectivity index (χ1n) is 8.18. The third kappa shape index (κ3) is 4.83. The number of amides is 1. The van der Waals surface area contributed by atoms with Gasteiger partial charge in [0.05, 0.1) is 14.2 Å². The first kappa shape index (κ1) is 19.5. The Balaban J connectivity index is 2.19. The molecule has 0 saturated heterocycles. The lowest BCUT2D eigenvalue weighted by Gasteiger charge is -2.21. The van der Waals surface area contributed by atoms with Crippen molar-refractivity contribution in [3.8, 4) is 5.75 Å². The maximum absolute atomic E-state index is 12.7. The Morgan fingerprint density at radius 1 is 0.962 bits per heavy atom. The summed E-state index contributed by atoms with van der Waals surface area (Å²) >= 11 is 0. The van der Waals surface area contributed by atoms with E-state index in [0.717, 1.165) is 5.56 Å². The molecule has 0 aliphatic carbocycles. The van der Waals surface area contributed by atoms with Crippen molar-refractivity contribution in [1.29, 1.82) is 0 Å². The molecular formula is C20H23NO5. The fraction of sp³-hybridized carbons (Fsp3) is 0.300. The number of carbonyl (C=O) groups excluding carboxylic acids is 2. The lowest BCUT2D eigenvalue weighted by atomic mass is 10.0. The molecule has 0 aliphatic rings. The van der Waals surface area contributed by atoms with Crippen LogP contribution in [0, 0.1) is 0 Å². The predicted molar refractivity (Wildman–Crippen MR) is 96.8 cm³/mol. The third-order valence-corrected chi connectivity index (χ3v) is 3.99. The number of hydrogen-bond acceptors (Lipinski definition) is 5. The average molecular weight is 357 g/mol. The summed E-state index contributed by atoms with van der Waals surface area (Å²) in [5.41, 5.74) is 1.49. The molecule has 1 amide bonds. The predicted octanol–water partition coefficient (Wildman–Crippen LogP) is 2.28. The van der Waals surface area contributed by atoms with Crippen LogP contribution in [0.1, 0.15) is 17.2 Å². The number of ether oxygens (including phenoxy) is 3. The van der Waals surface area contributed by atoms with Crippen LogP contribution in [0.2, 0.25) is 0 Å². The first-order valence-corrected chi connectivity index (χ1v) is 8.18. The van der Waals surface area contributed by atoms with Crippen LogP contribution in [0.5, 0.6) is 5.75 Å². The van der Waals surface area contributed by atoms with Gasteiger partial charge in [-0.05, 0) is 17.2 Å². The van der Waals surface area contributed by atoms with Crippen molar-refractivity contribution < 1.29 is 23.8 Å². The van der Waals surface area contributed by atoms with E-state index in [9.17, 15) is 9.59 Å². The molecule has 2 rings (SSSR count). The second kappa shape index (κ2) is 9.58. The Labute approximate surface area is 153 Å². The molecule has 138 valence electrons. The van der Waals surface area contributed by atoms with E-state index in [1.807, 2.05) is 36.4 Å². The highest BCUT2D eigenvalue weighted by molar-refractivity contribution is 5.88. The van der Waals surface area contributed by atoms with Crippen molar-refractivity contribution in [2.24, 2.45) is 0 Å². The summed E-state index contributed by atoms with van der Waals surface area (Å²) in [5.74, 6) is -0.307. The van der Waals surface area contributed by atoms with Gasteiger partial charge in [0.2, 0.25) is 0 Å². The molecule has 6 nitrogen and oxygen atoms in total. The van der Waals surface area contributed by atoms with Crippen LogP contribution in [-0.4, -0.2) is 39.2 Å². The summed E-state index contributed by atoms with van der Waals surface area (Å²) in [7, 11) is 4.29. The van der Waals surface area contributed by atoms with Gasteiger partial charge in [0.25, 0.3) is 5.91 Å². The minimum Gasteiger partial charge on any atom is -0.496 e. The van der Waals surface area contributed by atoms with E-state index >= 15 is 0 Å². The summed E-state index contributed by atoms with van der Waals surface area (Å²) in [6, 6.07) is 15.5. The molecule has 0 aromatic heterocycles. The van der Waals surface area contributed by atoms with Gasteiger partial charge in [0, 0.05) is 13.5 Å². The van der Waals surface area contributed by atoms with E-state index < -0.39 is 24.0 Å². The number of benzene rings is 2. The molecule has 0 fully saturated rings. The Morgan fingerprint density at radius 2 is 1.62 bits per heavy atom. The summed E-state index contributed by atoms with van der Waals surface area (Å²) in [6.07, 6.45) is -0.575. The SMILES string of the molecule is COC(=O)[C@@H](Cc1ccccc1OC)NC(=O)[C@@H](OC)c1ccccc1. The zero-order valence-corrected chi connectivity index (χ0v) is 15.1. The van der Waals surface area contributed by atoms with Crippen LogP contribution in [0.25, 0.3) is 0 Å². The maximum Gasteiger partial charge on any atom is 0.328 e. The summed E-state index contributed by atoms with van der Waals surface area (Å²) in [4.78, 5) is 24.9. The van der Waals surface area contributed by atoms with Gasteiger partial charge in [0.1, 0.15) is 11.8 Å². The molecule has 0 aliphatic heterocycles. The number of hydrogen-bond donors (Lipinski definition) is 1. The standard InChI is InChI=1S/C20H23NO5/c1-24-17-12-8-7-11-15(17)13-16(20(23)26-3)21-19(22)18(25-2)14-9-5-4-6-10-14/h4-12,16,18H,13H2,1-3H3,(H,21,22)/t16-,18+/m1/s1. The number of methoxy groups -OCH3 is 3. The molecule has 0 spiro atoms. The van der Waals surface area contributed by atoms with E-state index in [4.69, 9.17) is 14.2 Å². The van der Waals surface area contributed by atoms with E-state index in [1.54, 1.807) is 25.3 Å². The Kier molecular flexibility index (Phi) is 7.17. The zero-order chi connectivity index (χ0) is 18.9. The quantitative estimate of drug-likeness (QED) is 0.734. The van der Waals surface area contributed by atoms with Gasteiger partial charge in [-0.3, -0.25) is 4.79 Å². The molecule has 0 saturated carbocycles. The molecule has 2 atom stereocenters. The van der Waals surface area contributed by atoms with Gasteiger partial charge in [-0.2, -0.15) is 0 Å². The van der Waals surface area contributed by atoms with E-state index in [2.05, 4.69) is 5.32 Å². The van der Waals surface area contributed by atoms with Crippen molar-refractivity contribution in [2.45, 2.75) is 18.6 Å². The lowest BCUT2D eigenvalue weighted by Crippen LogP contribution is -2.45. The Morgan fingerprint density at radius 3 is 2.23 bits per heavy atom. The summed E-state index contributed by atoms with van der Waals surface area (Å²) in [6.45, 7) is 0. The minimum absolute atomic E-state index is 0.244. The third-order valence-electron chi connectivity index (χ3n) is 3.99.